The fraction of sp³-hybridized carbons (Fsp3) is 1.00. The number of thiol groups is 1. The van der Waals surface area contributed by atoms with Gasteiger partial charge < -0.3 is 24.9 Å². The quantitative estimate of drug-likeness (QED) is 0.315. The molecule has 1 heterocycles. The molecule has 5 N–H and O–H groups in total. The summed E-state index contributed by atoms with van der Waals surface area (Å²) in [5, 5.41) is 2.93. The van der Waals surface area contributed by atoms with E-state index in [2.05, 4.69) is 17.9 Å². The Morgan fingerprint density at radius 2 is 1.72 bits per heavy atom. The predicted octanol–water partition coefficient (Wildman–Crippen LogP) is 0.108. The maximum Gasteiger partial charge on any atom is 0.345 e. The fourth-order valence-electron chi connectivity index (χ4n) is 3.20. The molecule has 1 aliphatic carbocycles. The monoisotopic (exact) mass is 317 g/mol. The number of hydrogen-bond acceptors (Lipinski definition) is 4. The highest BCUT2D eigenvalue weighted by Crippen LogP contribution is 2.76. The predicted molar refractivity (Wildman–Crippen MR) is 68.7 cm³/mol. The summed E-state index contributed by atoms with van der Waals surface area (Å²) < 4.78 is 23.4. The largest absolute Gasteiger partial charge is 0.345 e. The smallest absolute Gasteiger partial charge is 0.324 e. The molecule has 10 heteroatoms. The van der Waals surface area contributed by atoms with Crippen molar-refractivity contribution in [2.75, 3.05) is 6.54 Å². The van der Waals surface area contributed by atoms with Crippen LogP contribution in [0.1, 0.15) is 19.3 Å². The summed E-state index contributed by atoms with van der Waals surface area (Å²) in [7, 11) is -9.85. The third-order valence-electron chi connectivity index (χ3n) is 4.01. The minimum Gasteiger partial charge on any atom is -0.324 e. The molecule has 0 aromatic heterocycles. The van der Waals surface area contributed by atoms with Crippen molar-refractivity contribution in [1.82, 2.24) is 5.32 Å². The summed E-state index contributed by atoms with van der Waals surface area (Å²) in [6.45, 7) is 0.395. The lowest BCUT2D eigenvalue weighted by atomic mass is 9.93. The van der Waals surface area contributed by atoms with Crippen LogP contribution < -0.4 is 5.32 Å². The number of hydrogen-bond donors (Lipinski definition) is 6. The van der Waals surface area contributed by atoms with E-state index in [1.54, 1.807) is 0 Å². The van der Waals surface area contributed by atoms with E-state index >= 15 is 0 Å². The Morgan fingerprint density at radius 3 is 2.22 bits per heavy atom. The second kappa shape index (κ2) is 4.57. The van der Waals surface area contributed by atoms with Crippen LogP contribution in [0.25, 0.3) is 0 Å². The Balaban J connectivity index is 2.45. The van der Waals surface area contributed by atoms with Gasteiger partial charge in [0.1, 0.15) is 0 Å². The highest BCUT2D eigenvalue weighted by molar-refractivity contribution is 7.81. The van der Waals surface area contributed by atoms with E-state index in [4.69, 9.17) is 0 Å². The van der Waals surface area contributed by atoms with Crippen LogP contribution in [0, 0.1) is 5.92 Å². The summed E-state index contributed by atoms with van der Waals surface area (Å²) in [6, 6.07) is -0.845. The summed E-state index contributed by atoms with van der Waals surface area (Å²) >= 11 is 4.29. The van der Waals surface area contributed by atoms with Gasteiger partial charge in [0, 0.05) is 17.8 Å². The molecule has 1 aliphatic heterocycles. The van der Waals surface area contributed by atoms with Crippen LogP contribution in [0.2, 0.25) is 0 Å². The molecule has 3 unspecified atom stereocenters. The second-order valence-electron chi connectivity index (χ2n) is 5.04. The van der Waals surface area contributed by atoms with E-state index in [0.717, 1.165) is 0 Å². The molecule has 1 saturated carbocycles. The average molecular weight is 317 g/mol. The molecule has 2 aliphatic rings. The summed E-state index contributed by atoms with van der Waals surface area (Å²) in [5.74, 6) is -0.151. The molecule has 0 bridgehead atoms. The van der Waals surface area contributed by atoms with Crippen molar-refractivity contribution in [1.29, 1.82) is 0 Å². The van der Waals surface area contributed by atoms with Crippen molar-refractivity contribution in [2.45, 2.75) is 35.5 Å². The molecule has 0 aromatic rings. The zero-order valence-electron chi connectivity index (χ0n) is 9.51. The van der Waals surface area contributed by atoms with Crippen LogP contribution in [0.3, 0.4) is 0 Å². The third-order valence-corrected chi connectivity index (χ3v) is 8.99. The van der Waals surface area contributed by atoms with Crippen LogP contribution in [0.15, 0.2) is 0 Å². The Bertz CT molecular complexity index is 411. The molecule has 0 spiro atoms. The van der Waals surface area contributed by atoms with Crippen molar-refractivity contribution in [2.24, 2.45) is 5.92 Å². The first-order valence-corrected chi connectivity index (χ1v) is 9.36. The number of rotatable bonds is 2. The molecular weight excluding hydrogens is 300 g/mol. The van der Waals surface area contributed by atoms with Crippen molar-refractivity contribution < 1.29 is 28.7 Å². The minimum absolute atomic E-state index is 0.0515. The molecule has 2 fully saturated rings. The molecule has 18 heavy (non-hydrogen) atoms. The van der Waals surface area contributed by atoms with E-state index < -0.39 is 26.1 Å². The zero-order chi connectivity index (χ0) is 13.8. The first-order valence-electron chi connectivity index (χ1n) is 5.62. The van der Waals surface area contributed by atoms with Gasteiger partial charge in [-0.15, -0.1) is 0 Å². The van der Waals surface area contributed by atoms with Gasteiger partial charge in [0.05, 0.1) is 0 Å². The molecule has 0 radical (unpaired) electrons. The van der Waals surface area contributed by atoms with Crippen molar-refractivity contribution in [3.05, 3.63) is 0 Å². The minimum atomic E-state index is -4.93. The van der Waals surface area contributed by atoms with Crippen molar-refractivity contribution in [3.63, 3.8) is 0 Å². The van der Waals surface area contributed by atoms with Gasteiger partial charge >= 0.3 is 15.2 Å². The van der Waals surface area contributed by atoms with E-state index in [0.29, 0.717) is 19.4 Å². The summed E-state index contributed by atoms with van der Waals surface area (Å²) in [4.78, 5) is 35.6. The van der Waals surface area contributed by atoms with Crippen LogP contribution in [0.4, 0.5) is 0 Å². The molecular formula is C8H17NO6P2S. The Hall–Kier alpha value is 0.610. The lowest BCUT2D eigenvalue weighted by Crippen LogP contribution is -2.54. The van der Waals surface area contributed by atoms with E-state index in [9.17, 15) is 28.7 Å². The average Bonchev–Trinajstić information content (AvgIpc) is 2.54. The summed E-state index contributed by atoms with van der Waals surface area (Å²) in [6.07, 6.45) is 0.845. The normalized spacial score (nSPS) is 36.4. The molecule has 106 valence electrons. The molecule has 0 aromatic carbocycles. The molecule has 0 amide bonds. The van der Waals surface area contributed by atoms with Crippen LogP contribution in [-0.2, 0) is 9.13 Å². The SMILES string of the molecule is O=P(O)(O)C1(P(=O)(O)O)CCC2CC(S)CNC21. The van der Waals surface area contributed by atoms with E-state index in [1.165, 1.54) is 0 Å². The third kappa shape index (κ3) is 2.13. The highest BCUT2D eigenvalue weighted by atomic mass is 32.1. The molecule has 7 nitrogen and oxygen atoms in total. The first kappa shape index (κ1) is 15.0. The van der Waals surface area contributed by atoms with Gasteiger partial charge in [-0.3, -0.25) is 9.13 Å². The molecule has 1 saturated heterocycles. The molecule has 3 atom stereocenters. The van der Waals surface area contributed by atoms with Gasteiger partial charge in [0.25, 0.3) is 0 Å². The maximum atomic E-state index is 11.7. The Kier molecular flexibility index (Phi) is 3.81. The number of nitrogens with one attached hydrogen (secondary N) is 1. The topological polar surface area (TPSA) is 127 Å². The van der Waals surface area contributed by atoms with E-state index in [-0.39, 0.29) is 17.6 Å². The van der Waals surface area contributed by atoms with Crippen molar-refractivity contribution in [3.8, 4) is 0 Å². The van der Waals surface area contributed by atoms with Crippen LogP contribution in [-0.4, -0.2) is 42.3 Å². The van der Waals surface area contributed by atoms with Gasteiger partial charge in [0.2, 0.25) is 0 Å². The highest BCUT2D eigenvalue weighted by Gasteiger charge is 2.69. The van der Waals surface area contributed by atoms with Gasteiger partial charge in [0.15, 0.2) is 4.90 Å². The zero-order valence-corrected chi connectivity index (χ0v) is 12.2. The van der Waals surface area contributed by atoms with Gasteiger partial charge in [-0.1, -0.05) is 0 Å². The van der Waals surface area contributed by atoms with Crippen LogP contribution >= 0.6 is 27.8 Å². The van der Waals surface area contributed by atoms with Gasteiger partial charge in [-0.25, -0.2) is 0 Å². The maximum absolute atomic E-state index is 11.7. The Morgan fingerprint density at radius 1 is 1.17 bits per heavy atom. The van der Waals surface area contributed by atoms with Crippen LogP contribution in [0.5, 0.6) is 0 Å². The molecule has 2 rings (SSSR count). The van der Waals surface area contributed by atoms with Gasteiger partial charge in [-0.05, 0) is 25.2 Å². The first-order chi connectivity index (χ1) is 8.09. The summed E-state index contributed by atoms with van der Waals surface area (Å²) in [5.41, 5.74) is 0. The Labute approximate surface area is 110 Å². The van der Waals surface area contributed by atoms with Crippen molar-refractivity contribution >= 4 is 27.8 Å². The lowest BCUT2D eigenvalue weighted by molar-refractivity contribution is 0.256. The lowest BCUT2D eigenvalue weighted by Gasteiger charge is -2.41. The van der Waals surface area contributed by atoms with E-state index in [1.807, 2.05) is 0 Å². The number of fused-ring (bicyclic) bond motifs is 1. The second-order valence-corrected chi connectivity index (χ2v) is 9.90. The standard InChI is InChI=1S/C8H17NO6P2S/c10-16(11,12)8(17(13,14)15)2-1-5-3-6(18)4-9-7(5)8/h5-7,9,18H,1-4H2,(H2,10,11,12)(H2,13,14,15). The fourth-order valence-corrected chi connectivity index (χ4v) is 7.10. The van der Waals surface area contributed by atoms with Gasteiger partial charge in [-0.2, -0.15) is 12.6 Å². The number of piperidine rings is 1.